The van der Waals surface area contributed by atoms with Gasteiger partial charge in [-0.05, 0) is 17.4 Å². The van der Waals surface area contributed by atoms with Crippen molar-refractivity contribution >= 4 is 12.6 Å². The highest BCUT2D eigenvalue weighted by molar-refractivity contribution is 6.58. The van der Waals surface area contributed by atoms with Crippen LogP contribution in [0.5, 0.6) is 0 Å². The Morgan fingerprint density at radius 3 is 2.80 bits per heavy atom. The summed E-state index contributed by atoms with van der Waals surface area (Å²) in [5, 5.41) is 17.9. The topological polar surface area (TPSA) is 49.7 Å². The second-order valence-electron chi connectivity index (χ2n) is 3.52. The molecule has 0 amide bonds. The molecule has 2 N–H and O–H groups in total. The molecule has 1 aromatic rings. The molecule has 0 aromatic heterocycles. The molecule has 1 aromatic carbocycles. The second kappa shape index (κ2) is 6.61. The van der Waals surface area contributed by atoms with Gasteiger partial charge in [-0.2, -0.15) is 0 Å². The number of hydrogen-bond acceptors (Lipinski definition) is 3. The maximum Gasteiger partial charge on any atom is 0.488 e. The van der Waals surface area contributed by atoms with Crippen LogP contribution >= 0.6 is 0 Å². The van der Waals surface area contributed by atoms with Crippen molar-refractivity contribution in [1.82, 2.24) is 0 Å². The fourth-order valence-corrected chi connectivity index (χ4v) is 1.28. The highest BCUT2D eigenvalue weighted by Crippen LogP contribution is 2.00. The van der Waals surface area contributed by atoms with Crippen molar-refractivity contribution in [1.29, 1.82) is 0 Å². The number of rotatable bonds is 6. The summed E-state index contributed by atoms with van der Waals surface area (Å²) in [6.07, 6.45) is 2.18. The van der Waals surface area contributed by atoms with E-state index in [4.69, 9.17) is 14.8 Å². The summed E-state index contributed by atoms with van der Waals surface area (Å²) in [4.78, 5) is 0. The van der Waals surface area contributed by atoms with Crippen molar-refractivity contribution in [3.8, 4) is 0 Å². The van der Waals surface area contributed by atoms with E-state index in [0.29, 0.717) is 12.1 Å². The van der Waals surface area contributed by atoms with Gasteiger partial charge in [0.2, 0.25) is 0 Å². The van der Waals surface area contributed by atoms with Gasteiger partial charge in [-0.15, -0.1) is 0 Å². The Kier molecular flexibility index (Phi) is 5.39. The first-order chi connectivity index (χ1) is 7.24. The summed E-state index contributed by atoms with van der Waals surface area (Å²) in [6.45, 7) is 3.40. The lowest BCUT2D eigenvalue weighted by atomic mass is 9.80. The minimum atomic E-state index is -1.40. The lowest BCUT2D eigenvalue weighted by Crippen LogP contribution is -2.29. The van der Waals surface area contributed by atoms with E-state index in [1.165, 1.54) is 0 Å². The molecule has 0 aliphatic rings. The Hall–Kier alpha value is -0.835. The van der Waals surface area contributed by atoms with E-state index in [0.717, 1.165) is 25.0 Å². The minimum absolute atomic E-state index is 0.506. The average molecular weight is 208 g/mol. The maximum absolute atomic E-state index is 8.97. The third kappa shape index (κ3) is 4.47. The van der Waals surface area contributed by atoms with E-state index in [9.17, 15) is 0 Å². The molecular weight excluding hydrogens is 191 g/mol. The average Bonchev–Trinajstić information content (AvgIpc) is 2.25. The lowest BCUT2D eigenvalue weighted by molar-refractivity contribution is 0.118. The van der Waals surface area contributed by atoms with Gasteiger partial charge in [0.05, 0.1) is 6.61 Å². The normalized spacial score (nSPS) is 10.3. The quantitative estimate of drug-likeness (QED) is 0.534. The lowest BCUT2D eigenvalue weighted by Gasteiger charge is -2.05. The van der Waals surface area contributed by atoms with Crippen LogP contribution in [-0.2, 0) is 11.3 Å². The van der Waals surface area contributed by atoms with Gasteiger partial charge >= 0.3 is 7.12 Å². The molecular formula is C11H17BO3. The van der Waals surface area contributed by atoms with Crippen LogP contribution in [0.15, 0.2) is 24.3 Å². The van der Waals surface area contributed by atoms with E-state index in [2.05, 4.69) is 6.92 Å². The molecule has 4 heteroatoms. The number of benzene rings is 1. The van der Waals surface area contributed by atoms with Gasteiger partial charge in [0.1, 0.15) is 0 Å². The van der Waals surface area contributed by atoms with Gasteiger partial charge in [-0.1, -0.05) is 37.6 Å². The molecule has 3 nitrogen and oxygen atoms in total. The molecule has 0 saturated carbocycles. The molecule has 0 heterocycles. The molecule has 0 bridgehead atoms. The molecule has 0 aliphatic carbocycles. The molecule has 1 rings (SSSR count). The molecule has 82 valence electrons. The fourth-order valence-electron chi connectivity index (χ4n) is 1.28. The molecule has 15 heavy (non-hydrogen) atoms. The van der Waals surface area contributed by atoms with Crippen molar-refractivity contribution in [2.75, 3.05) is 6.61 Å². The van der Waals surface area contributed by atoms with Crippen LogP contribution in [0.1, 0.15) is 25.3 Å². The third-order valence-electron chi connectivity index (χ3n) is 2.16. The van der Waals surface area contributed by atoms with Crippen LogP contribution in [0.4, 0.5) is 0 Å². The van der Waals surface area contributed by atoms with E-state index in [1.54, 1.807) is 18.2 Å². The molecule has 0 unspecified atom stereocenters. The highest BCUT2D eigenvalue weighted by atomic mass is 16.5. The van der Waals surface area contributed by atoms with Crippen molar-refractivity contribution in [3.05, 3.63) is 29.8 Å². The van der Waals surface area contributed by atoms with E-state index < -0.39 is 7.12 Å². The first-order valence-electron chi connectivity index (χ1n) is 5.26. The first kappa shape index (κ1) is 12.2. The van der Waals surface area contributed by atoms with E-state index in [1.807, 2.05) is 6.07 Å². The van der Waals surface area contributed by atoms with Crippen LogP contribution in [0.3, 0.4) is 0 Å². The third-order valence-corrected chi connectivity index (χ3v) is 2.16. The number of hydrogen-bond donors (Lipinski definition) is 2. The van der Waals surface area contributed by atoms with Gasteiger partial charge < -0.3 is 14.8 Å². The summed E-state index contributed by atoms with van der Waals surface area (Å²) >= 11 is 0. The SMILES string of the molecule is CCCCOCc1cccc(B(O)O)c1. The smallest absolute Gasteiger partial charge is 0.423 e. The molecule has 0 fully saturated rings. The zero-order valence-corrected chi connectivity index (χ0v) is 9.02. The largest absolute Gasteiger partial charge is 0.488 e. The Labute approximate surface area is 90.9 Å². The molecule has 0 aliphatic heterocycles. The van der Waals surface area contributed by atoms with Gasteiger partial charge in [0, 0.05) is 6.61 Å². The Morgan fingerprint density at radius 2 is 2.13 bits per heavy atom. The van der Waals surface area contributed by atoms with Crippen LogP contribution in [-0.4, -0.2) is 23.8 Å². The zero-order valence-electron chi connectivity index (χ0n) is 9.02. The van der Waals surface area contributed by atoms with Crippen LogP contribution in [0.2, 0.25) is 0 Å². The second-order valence-corrected chi connectivity index (χ2v) is 3.52. The van der Waals surface area contributed by atoms with Crippen molar-refractivity contribution in [2.24, 2.45) is 0 Å². The van der Waals surface area contributed by atoms with E-state index in [-0.39, 0.29) is 0 Å². The summed E-state index contributed by atoms with van der Waals surface area (Å²) in [5.41, 5.74) is 1.48. The highest BCUT2D eigenvalue weighted by Gasteiger charge is 2.10. The standard InChI is InChI=1S/C11H17BO3/c1-2-3-7-15-9-10-5-4-6-11(8-10)12(13)14/h4-6,8,13-14H,2-3,7,9H2,1H3. The minimum Gasteiger partial charge on any atom is -0.423 e. The van der Waals surface area contributed by atoms with Crippen molar-refractivity contribution in [2.45, 2.75) is 26.4 Å². The maximum atomic E-state index is 8.97. The summed E-state index contributed by atoms with van der Waals surface area (Å²) in [7, 11) is -1.40. The van der Waals surface area contributed by atoms with E-state index >= 15 is 0 Å². The summed E-state index contributed by atoms with van der Waals surface area (Å²) < 4.78 is 5.43. The zero-order chi connectivity index (χ0) is 11.1. The predicted octanol–water partition coefficient (Wildman–Crippen LogP) is 0.683. The van der Waals surface area contributed by atoms with Crippen LogP contribution < -0.4 is 5.46 Å². The summed E-state index contributed by atoms with van der Waals surface area (Å²) in [5.74, 6) is 0. The predicted molar refractivity (Wildman–Crippen MR) is 60.8 cm³/mol. The van der Waals surface area contributed by atoms with Crippen molar-refractivity contribution in [3.63, 3.8) is 0 Å². The molecule has 0 saturated heterocycles. The number of unbranched alkanes of at least 4 members (excludes halogenated alkanes) is 1. The monoisotopic (exact) mass is 208 g/mol. The van der Waals surface area contributed by atoms with Gasteiger partial charge in [0.25, 0.3) is 0 Å². The van der Waals surface area contributed by atoms with Gasteiger partial charge in [-0.3, -0.25) is 0 Å². The fraction of sp³-hybridized carbons (Fsp3) is 0.455. The van der Waals surface area contributed by atoms with Crippen molar-refractivity contribution < 1.29 is 14.8 Å². The first-order valence-corrected chi connectivity index (χ1v) is 5.26. The Balaban J connectivity index is 2.43. The molecule has 0 atom stereocenters. The Bertz CT molecular complexity index is 289. The number of ether oxygens (including phenoxy) is 1. The Morgan fingerprint density at radius 1 is 1.33 bits per heavy atom. The molecule has 0 radical (unpaired) electrons. The van der Waals surface area contributed by atoms with Gasteiger partial charge in [0.15, 0.2) is 0 Å². The summed E-state index contributed by atoms with van der Waals surface area (Å²) in [6, 6.07) is 7.14. The van der Waals surface area contributed by atoms with Crippen LogP contribution in [0, 0.1) is 0 Å². The molecule has 0 spiro atoms. The van der Waals surface area contributed by atoms with Gasteiger partial charge in [-0.25, -0.2) is 0 Å². The van der Waals surface area contributed by atoms with Crippen LogP contribution in [0.25, 0.3) is 0 Å².